The first-order chi connectivity index (χ1) is 10.5. The Morgan fingerprint density at radius 3 is 2.50 bits per heavy atom. The van der Waals surface area contributed by atoms with Crippen LogP contribution >= 0.6 is 34.8 Å². The largest absolute Gasteiger partial charge is 0.481 e. The van der Waals surface area contributed by atoms with E-state index in [0.717, 1.165) is 0 Å². The summed E-state index contributed by atoms with van der Waals surface area (Å²) in [6.45, 7) is 1.86. The first-order valence-corrected chi connectivity index (χ1v) is 7.81. The Morgan fingerprint density at radius 2 is 1.86 bits per heavy atom. The molecule has 0 radical (unpaired) electrons. The lowest BCUT2D eigenvalue weighted by molar-refractivity contribution is -0.122. The predicted molar refractivity (Wildman–Crippen MR) is 91.3 cm³/mol. The number of anilines is 1. The molecule has 1 amide bonds. The van der Waals surface area contributed by atoms with Gasteiger partial charge >= 0.3 is 0 Å². The summed E-state index contributed by atoms with van der Waals surface area (Å²) in [7, 11) is 0. The highest BCUT2D eigenvalue weighted by atomic mass is 35.5. The van der Waals surface area contributed by atoms with E-state index in [1.54, 1.807) is 42.5 Å². The summed E-state index contributed by atoms with van der Waals surface area (Å²) in [6, 6.07) is 11.8. The maximum Gasteiger partial charge on any atom is 0.265 e. The second kappa shape index (κ2) is 7.73. The highest BCUT2D eigenvalue weighted by Crippen LogP contribution is 2.26. The number of benzene rings is 2. The topological polar surface area (TPSA) is 38.3 Å². The normalized spacial score (nSPS) is 11.8. The summed E-state index contributed by atoms with van der Waals surface area (Å²) in [5.41, 5.74) is 0.490. The zero-order chi connectivity index (χ0) is 16.1. The van der Waals surface area contributed by atoms with E-state index in [9.17, 15) is 4.79 Å². The predicted octanol–water partition coefficient (Wildman–Crippen LogP) is 5.44. The molecule has 2 aromatic carbocycles. The average molecular weight is 359 g/mol. The molecular weight excluding hydrogens is 345 g/mol. The zero-order valence-corrected chi connectivity index (χ0v) is 14.0. The van der Waals surface area contributed by atoms with E-state index in [0.29, 0.717) is 32.9 Å². The third-order valence-electron chi connectivity index (χ3n) is 2.93. The van der Waals surface area contributed by atoms with Crippen molar-refractivity contribution in [3.8, 4) is 5.75 Å². The van der Waals surface area contributed by atoms with E-state index in [-0.39, 0.29) is 5.91 Å². The Morgan fingerprint density at radius 1 is 1.14 bits per heavy atom. The molecule has 2 rings (SSSR count). The van der Waals surface area contributed by atoms with Crippen LogP contribution < -0.4 is 10.1 Å². The number of halogens is 3. The molecule has 0 aromatic heterocycles. The Kier molecular flexibility index (Phi) is 5.95. The van der Waals surface area contributed by atoms with Crippen LogP contribution in [0.15, 0.2) is 42.5 Å². The fraction of sp³-hybridized carbons (Fsp3) is 0.188. The van der Waals surface area contributed by atoms with Gasteiger partial charge in [0.2, 0.25) is 0 Å². The van der Waals surface area contributed by atoms with Crippen LogP contribution in [0.5, 0.6) is 5.75 Å². The highest BCUT2D eigenvalue weighted by Gasteiger charge is 2.19. The van der Waals surface area contributed by atoms with E-state index in [2.05, 4.69) is 5.32 Å². The number of rotatable bonds is 5. The Labute approximate surface area is 144 Å². The molecule has 0 saturated carbocycles. The molecule has 6 heteroatoms. The third-order valence-corrected chi connectivity index (χ3v) is 3.71. The van der Waals surface area contributed by atoms with E-state index >= 15 is 0 Å². The lowest BCUT2D eigenvalue weighted by Crippen LogP contribution is -2.32. The second-order valence-corrected chi connectivity index (χ2v) is 5.87. The quantitative estimate of drug-likeness (QED) is 0.772. The summed E-state index contributed by atoms with van der Waals surface area (Å²) in [4.78, 5) is 12.3. The lowest BCUT2D eigenvalue weighted by atomic mass is 10.2. The molecule has 0 heterocycles. The molecular formula is C16H14Cl3NO2. The fourth-order valence-corrected chi connectivity index (χ4v) is 2.47. The van der Waals surface area contributed by atoms with Gasteiger partial charge < -0.3 is 10.1 Å². The van der Waals surface area contributed by atoms with E-state index < -0.39 is 6.10 Å². The van der Waals surface area contributed by atoms with E-state index in [1.165, 1.54) is 0 Å². The Hall–Kier alpha value is -1.42. The minimum absolute atomic E-state index is 0.285. The van der Waals surface area contributed by atoms with Crippen molar-refractivity contribution in [2.45, 2.75) is 19.4 Å². The van der Waals surface area contributed by atoms with Crippen LogP contribution in [0.3, 0.4) is 0 Å². The van der Waals surface area contributed by atoms with Crippen molar-refractivity contribution in [2.75, 3.05) is 5.32 Å². The summed E-state index contributed by atoms with van der Waals surface area (Å²) in [5, 5.41) is 4.16. The number of amides is 1. The van der Waals surface area contributed by atoms with Crippen LogP contribution in [0, 0.1) is 0 Å². The van der Waals surface area contributed by atoms with Gasteiger partial charge in [-0.2, -0.15) is 0 Å². The van der Waals surface area contributed by atoms with Gasteiger partial charge in [0.15, 0.2) is 6.10 Å². The summed E-state index contributed by atoms with van der Waals surface area (Å²) in [6.07, 6.45) is -0.144. The van der Waals surface area contributed by atoms with Crippen molar-refractivity contribution in [2.24, 2.45) is 0 Å². The summed E-state index contributed by atoms with van der Waals surface area (Å²) < 4.78 is 5.68. The van der Waals surface area contributed by atoms with Gasteiger partial charge in [0, 0.05) is 10.0 Å². The Bertz CT molecular complexity index is 676. The minimum Gasteiger partial charge on any atom is -0.481 e. The molecule has 0 aliphatic rings. The van der Waals surface area contributed by atoms with E-state index in [1.807, 2.05) is 6.92 Å². The van der Waals surface area contributed by atoms with Crippen molar-refractivity contribution < 1.29 is 9.53 Å². The van der Waals surface area contributed by atoms with Gasteiger partial charge in [0.25, 0.3) is 5.91 Å². The Balaban J connectivity index is 2.08. The second-order valence-electron chi connectivity index (χ2n) is 4.59. The molecule has 0 saturated heterocycles. The first-order valence-electron chi connectivity index (χ1n) is 6.67. The lowest BCUT2D eigenvalue weighted by Gasteiger charge is -2.18. The molecule has 3 nitrogen and oxygen atoms in total. The molecule has 0 aliphatic heterocycles. The number of carbonyl (C=O) groups is 1. The fourth-order valence-electron chi connectivity index (χ4n) is 1.83. The highest BCUT2D eigenvalue weighted by molar-refractivity contribution is 6.36. The number of hydrogen-bond donors (Lipinski definition) is 1. The monoisotopic (exact) mass is 357 g/mol. The van der Waals surface area contributed by atoms with Gasteiger partial charge in [-0.15, -0.1) is 0 Å². The third kappa shape index (κ3) is 4.54. The van der Waals surface area contributed by atoms with Crippen LogP contribution in [0.4, 0.5) is 5.69 Å². The zero-order valence-electron chi connectivity index (χ0n) is 11.8. The van der Waals surface area contributed by atoms with Crippen molar-refractivity contribution in [1.82, 2.24) is 0 Å². The maximum absolute atomic E-state index is 12.3. The van der Waals surface area contributed by atoms with Crippen molar-refractivity contribution >= 4 is 46.4 Å². The van der Waals surface area contributed by atoms with Crippen LogP contribution in [0.25, 0.3) is 0 Å². The molecule has 2 aromatic rings. The minimum atomic E-state index is -0.648. The number of carbonyl (C=O) groups excluding carboxylic acids is 1. The molecule has 0 fully saturated rings. The molecule has 0 aliphatic carbocycles. The van der Waals surface area contributed by atoms with Gasteiger partial charge in [-0.25, -0.2) is 0 Å². The van der Waals surface area contributed by atoms with Crippen molar-refractivity contribution in [3.05, 3.63) is 57.5 Å². The van der Waals surface area contributed by atoms with Crippen LogP contribution in [-0.4, -0.2) is 12.0 Å². The molecule has 116 valence electrons. The van der Waals surface area contributed by atoms with Crippen LogP contribution in [0.2, 0.25) is 15.1 Å². The standard InChI is InChI=1S/C16H14Cl3NO2/c1-2-15(22-12-5-3-4-10(17)8-12)16(21)20-14-7-6-11(18)9-13(14)19/h3-9,15H,2H2,1H3,(H,20,21)/t15-/m0/s1. The summed E-state index contributed by atoms with van der Waals surface area (Å²) in [5.74, 6) is 0.253. The van der Waals surface area contributed by atoms with Gasteiger partial charge in [0.05, 0.1) is 10.7 Å². The number of hydrogen-bond acceptors (Lipinski definition) is 2. The van der Waals surface area contributed by atoms with Crippen molar-refractivity contribution in [1.29, 1.82) is 0 Å². The first kappa shape index (κ1) is 16.9. The molecule has 0 bridgehead atoms. The summed E-state index contributed by atoms with van der Waals surface area (Å²) >= 11 is 17.8. The van der Waals surface area contributed by atoms with Crippen molar-refractivity contribution in [3.63, 3.8) is 0 Å². The van der Waals surface area contributed by atoms with Crippen LogP contribution in [0.1, 0.15) is 13.3 Å². The number of ether oxygens (including phenoxy) is 1. The molecule has 0 unspecified atom stereocenters. The SMILES string of the molecule is CC[C@H](Oc1cccc(Cl)c1)C(=O)Nc1ccc(Cl)cc1Cl. The van der Waals surface area contributed by atoms with Crippen LogP contribution in [-0.2, 0) is 4.79 Å². The van der Waals surface area contributed by atoms with Gasteiger partial charge in [-0.1, -0.05) is 47.8 Å². The maximum atomic E-state index is 12.3. The van der Waals surface area contributed by atoms with Gasteiger partial charge in [0.1, 0.15) is 5.75 Å². The van der Waals surface area contributed by atoms with E-state index in [4.69, 9.17) is 39.5 Å². The average Bonchev–Trinajstić information content (AvgIpc) is 2.47. The smallest absolute Gasteiger partial charge is 0.265 e. The molecule has 1 N–H and O–H groups in total. The molecule has 22 heavy (non-hydrogen) atoms. The molecule has 0 spiro atoms. The van der Waals surface area contributed by atoms with Gasteiger partial charge in [-0.05, 0) is 42.8 Å². The number of nitrogens with one attached hydrogen (secondary N) is 1. The molecule has 1 atom stereocenters. The van der Waals surface area contributed by atoms with Gasteiger partial charge in [-0.3, -0.25) is 4.79 Å².